The van der Waals surface area contributed by atoms with E-state index >= 15 is 0 Å². The minimum atomic E-state index is -0.193. The van der Waals surface area contributed by atoms with Crippen LogP contribution in [0.1, 0.15) is 13.8 Å². The molecule has 18 heavy (non-hydrogen) atoms. The molecular weight excluding hydrogens is 231 g/mol. The average molecular weight is 252 g/mol. The van der Waals surface area contributed by atoms with Crippen LogP contribution in [0.15, 0.2) is 24.3 Å². The summed E-state index contributed by atoms with van der Waals surface area (Å²) in [5.41, 5.74) is 0.576. The van der Waals surface area contributed by atoms with Crippen molar-refractivity contribution in [3.05, 3.63) is 30.1 Å². The number of halogens is 1. The molecule has 0 bridgehead atoms. The average Bonchev–Trinajstić information content (AvgIpc) is 2.30. The minimum absolute atomic E-state index is 0.193. The Bertz CT molecular complexity index is 376. The normalized spacial score (nSPS) is 25.1. The molecule has 3 nitrogen and oxygen atoms in total. The second kappa shape index (κ2) is 6.16. The smallest absolute Gasteiger partial charge is 0.146 e. The van der Waals surface area contributed by atoms with Gasteiger partial charge in [-0.25, -0.2) is 4.39 Å². The first-order valence-corrected chi connectivity index (χ1v) is 6.51. The summed E-state index contributed by atoms with van der Waals surface area (Å²) in [6, 6.07) is 6.78. The number of anilines is 1. The molecule has 0 radical (unpaired) electrons. The van der Waals surface area contributed by atoms with Gasteiger partial charge in [-0.1, -0.05) is 12.1 Å². The summed E-state index contributed by atoms with van der Waals surface area (Å²) in [5, 5.41) is 3.13. The Hall–Kier alpha value is -1.13. The van der Waals surface area contributed by atoms with Gasteiger partial charge in [-0.15, -0.1) is 0 Å². The fraction of sp³-hybridized carbons (Fsp3) is 0.571. The van der Waals surface area contributed by atoms with E-state index in [2.05, 4.69) is 24.1 Å². The number of nitrogens with one attached hydrogen (secondary N) is 1. The number of hydrogen-bond acceptors (Lipinski definition) is 3. The third-order valence-electron chi connectivity index (χ3n) is 3.11. The fourth-order valence-electron chi connectivity index (χ4n) is 2.42. The Morgan fingerprint density at radius 2 is 1.94 bits per heavy atom. The summed E-state index contributed by atoms with van der Waals surface area (Å²) in [7, 11) is 0. The predicted molar refractivity (Wildman–Crippen MR) is 71.3 cm³/mol. The van der Waals surface area contributed by atoms with Crippen LogP contribution < -0.4 is 5.32 Å². The molecule has 4 heteroatoms. The Kier molecular flexibility index (Phi) is 4.55. The number of nitrogens with zero attached hydrogens (tertiary/aromatic N) is 1. The SMILES string of the molecule is C[C@@H]1CN(CCNc2ccccc2F)C[C@H](C)O1. The van der Waals surface area contributed by atoms with E-state index in [0.29, 0.717) is 5.69 Å². The van der Waals surface area contributed by atoms with Crippen molar-refractivity contribution >= 4 is 5.69 Å². The van der Waals surface area contributed by atoms with Gasteiger partial charge in [-0.2, -0.15) is 0 Å². The van der Waals surface area contributed by atoms with Crippen LogP contribution in [-0.4, -0.2) is 43.3 Å². The molecule has 1 heterocycles. The van der Waals surface area contributed by atoms with E-state index in [1.165, 1.54) is 6.07 Å². The van der Waals surface area contributed by atoms with Crippen molar-refractivity contribution in [3.63, 3.8) is 0 Å². The predicted octanol–water partition coefficient (Wildman–Crippen LogP) is 2.35. The van der Waals surface area contributed by atoms with Crippen LogP contribution in [0.4, 0.5) is 10.1 Å². The molecule has 100 valence electrons. The Balaban J connectivity index is 1.77. The standard InChI is InChI=1S/C14H21FN2O/c1-11-9-17(10-12(2)18-11)8-7-16-14-6-4-3-5-13(14)15/h3-6,11-12,16H,7-10H2,1-2H3/t11-,12+. The van der Waals surface area contributed by atoms with E-state index in [-0.39, 0.29) is 18.0 Å². The number of benzene rings is 1. The monoisotopic (exact) mass is 252 g/mol. The maximum Gasteiger partial charge on any atom is 0.146 e. The molecule has 2 rings (SSSR count). The van der Waals surface area contributed by atoms with E-state index in [1.54, 1.807) is 12.1 Å². The van der Waals surface area contributed by atoms with Crippen LogP contribution in [-0.2, 0) is 4.74 Å². The van der Waals surface area contributed by atoms with E-state index in [1.807, 2.05) is 6.07 Å². The molecule has 0 spiro atoms. The minimum Gasteiger partial charge on any atom is -0.381 e. The van der Waals surface area contributed by atoms with Crippen molar-refractivity contribution < 1.29 is 9.13 Å². The third-order valence-corrected chi connectivity index (χ3v) is 3.11. The lowest BCUT2D eigenvalue weighted by atomic mass is 10.2. The van der Waals surface area contributed by atoms with Crippen molar-refractivity contribution in [2.75, 3.05) is 31.5 Å². The first kappa shape index (κ1) is 13.3. The lowest BCUT2D eigenvalue weighted by Gasteiger charge is -2.35. The highest BCUT2D eigenvalue weighted by molar-refractivity contribution is 5.44. The maximum atomic E-state index is 13.4. The van der Waals surface area contributed by atoms with Gasteiger partial charge >= 0.3 is 0 Å². The van der Waals surface area contributed by atoms with Gasteiger partial charge in [0.05, 0.1) is 17.9 Å². The molecule has 1 saturated heterocycles. The zero-order valence-electron chi connectivity index (χ0n) is 11.0. The lowest BCUT2D eigenvalue weighted by molar-refractivity contribution is -0.0667. The summed E-state index contributed by atoms with van der Waals surface area (Å²) in [6.45, 7) is 7.74. The Labute approximate surface area is 108 Å². The van der Waals surface area contributed by atoms with Crippen LogP contribution in [0.25, 0.3) is 0 Å². The lowest BCUT2D eigenvalue weighted by Crippen LogP contribution is -2.46. The molecule has 0 unspecified atom stereocenters. The van der Waals surface area contributed by atoms with E-state index in [4.69, 9.17) is 4.74 Å². The van der Waals surface area contributed by atoms with Gasteiger partial charge in [0.1, 0.15) is 5.82 Å². The van der Waals surface area contributed by atoms with E-state index in [9.17, 15) is 4.39 Å². The molecule has 1 fully saturated rings. The fourth-order valence-corrected chi connectivity index (χ4v) is 2.42. The molecule has 0 aromatic heterocycles. The number of hydrogen-bond donors (Lipinski definition) is 1. The Morgan fingerprint density at radius 3 is 2.61 bits per heavy atom. The van der Waals surface area contributed by atoms with E-state index < -0.39 is 0 Å². The Morgan fingerprint density at radius 1 is 1.28 bits per heavy atom. The highest BCUT2D eigenvalue weighted by Gasteiger charge is 2.21. The van der Waals surface area contributed by atoms with Gasteiger partial charge in [0.25, 0.3) is 0 Å². The molecule has 0 aliphatic carbocycles. The maximum absolute atomic E-state index is 13.4. The highest BCUT2D eigenvalue weighted by atomic mass is 19.1. The zero-order valence-corrected chi connectivity index (χ0v) is 11.0. The topological polar surface area (TPSA) is 24.5 Å². The van der Waals surface area contributed by atoms with Gasteiger partial charge in [0.15, 0.2) is 0 Å². The van der Waals surface area contributed by atoms with Crippen molar-refractivity contribution in [2.24, 2.45) is 0 Å². The second-order valence-electron chi connectivity index (χ2n) is 4.92. The third kappa shape index (κ3) is 3.68. The summed E-state index contributed by atoms with van der Waals surface area (Å²) in [4.78, 5) is 2.35. The molecular formula is C14H21FN2O. The molecule has 1 N–H and O–H groups in total. The van der Waals surface area contributed by atoms with Crippen LogP contribution >= 0.6 is 0 Å². The van der Waals surface area contributed by atoms with Gasteiger partial charge < -0.3 is 10.1 Å². The quantitative estimate of drug-likeness (QED) is 0.890. The molecule has 2 atom stereocenters. The van der Waals surface area contributed by atoms with Crippen LogP contribution in [0.5, 0.6) is 0 Å². The molecule has 0 saturated carbocycles. The molecule has 1 aliphatic heterocycles. The number of ether oxygens (including phenoxy) is 1. The summed E-state index contributed by atoms with van der Waals surface area (Å²) < 4.78 is 19.1. The molecule has 1 aromatic carbocycles. The second-order valence-corrected chi connectivity index (χ2v) is 4.92. The van der Waals surface area contributed by atoms with Gasteiger partial charge in [0, 0.05) is 26.2 Å². The van der Waals surface area contributed by atoms with Crippen LogP contribution in [0.3, 0.4) is 0 Å². The largest absolute Gasteiger partial charge is 0.381 e. The first-order valence-electron chi connectivity index (χ1n) is 6.51. The van der Waals surface area contributed by atoms with Crippen LogP contribution in [0.2, 0.25) is 0 Å². The van der Waals surface area contributed by atoms with Gasteiger partial charge in [0.2, 0.25) is 0 Å². The zero-order chi connectivity index (χ0) is 13.0. The summed E-state index contributed by atoms with van der Waals surface area (Å²) >= 11 is 0. The summed E-state index contributed by atoms with van der Waals surface area (Å²) in [6.07, 6.45) is 0.560. The van der Waals surface area contributed by atoms with E-state index in [0.717, 1.165) is 26.2 Å². The molecule has 0 amide bonds. The molecule has 1 aliphatic rings. The van der Waals surface area contributed by atoms with Crippen LogP contribution in [0, 0.1) is 5.82 Å². The molecule has 1 aromatic rings. The van der Waals surface area contributed by atoms with Gasteiger partial charge in [-0.05, 0) is 26.0 Å². The van der Waals surface area contributed by atoms with Crippen molar-refractivity contribution in [1.82, 2.24) is 4.90 Å². The van der Waals surface area contributed by atoms with Crippen molar-refractivity contribution in [3.8, 4) is 0 Å². The van der Waals surface area contributed by atoms with Gasteiger partial charge in [-0.3, -0.25) is 4.90 Å². The van der Waals surface area contributed by atoms with Crippen molar-refractivity contribution in [1.29, 1.82) is 0 Å². The number of morpholine rings is 1. The first-order chi connectivity index (χ1) is 8.65. The van der Waals surface area contributed by atoms with Crippen molar-refractivity contribution in [2.45, 2.75) is 26.1 Å². The number of para-hydroxylation sites is 1. The number of rotatable bonds is 4. The summed E-state index contributed by atoms with van der Waals surface area (Å²) in [5.74, 6) is -0.193. The highest BCUT2D eigenvalue weighted by Crippen LogP contribution is 2.13.